The second-order valence-electron chi connectivity index (χ2n) is 4.69. The summed E-state index contributed by atoms with van der Waals surface area (Å²) in [7, 11) is 0. The zero-order valence-electron chi connectivity index (χ0n) is 10.9. The molecule has 4 nitrogen and oxygen atoms in total. The van der Waals surface area contributed by atoms with Crippen molar-refractivity contribution in [3.63, 3.8) is 0 Å². The second kappa shape index (κ2) is 5.94. The number of carbonyl (C=O) groups is 1. The summed E-state index contributed by atoms with van der Waals surface area (Å²) < 4.78 is 0. The number of nitriles is 1. The van der Waals surface area contributed by atoms with Crippen molar-refractivity contribution < 1.29 is 4.79 Å². The summed E-state index contributed by atoms with van der Waals surface area (Å²) in [5.74, 6) is -0.122. The van der Waals surface area contributed by atoms with Gasteiger partial charge in [-0.25, -0.2) is 0 Å². The Bertz CT molecular complexity index is 536. The third-order valence-corrected chi connectivity index (χ3v) is 3.45. The number of rotatable bonds is 3. The monoisotopic (exact) mass is 277 g/mol. The maximum absolute atomic E-state index is 11.7. The van der Waals surface area contributed by atoms with Gasteiger partial charge in [-0.3, -0.25) is 4.79 Å². The highest BCUT2D eigenvalue weighted by molar-refractivity contribution is 6.30. The Kier molecular flexibility index (Phi) is 4.28. The van der Waals surface area contributed by atoms with Crippen LogP contribution in [0.2, 0.25) is 5.02 Å². The van der Waals surface area contributed by atoms with E-state index in [9.17, 15) is 4.79 Å². The molecule has 0 radical (unpaired) electrons. The number of nitrogens with one attached hydrogen (secondary N) is 1. The Hall–Kier alpha value is -1.73. The fourth-order valence-corrected chi connectivity index (χ4v) is 2.84. The lowest BCUT2D eigenvalue weighted by Gasteiger charge is -2.32. The SMILES string of the molecule is Cc1cc(Cl)cc2c1N(CC(=O)NCC#N)CCC2. The van der Waals surface area contributed by atoms with Crippen LogP contribution < -0.4 is 10.2 Å². The topological polar surface area (TPSA) is 56.1 Å². The molecule has 0 unspecified atom stereocenters. The van der Waals surface area contributed by atoms with Gasteiger partial charge in [0.15, 0.2) is 0 Å². The first-order valence-electron chi connectivity index (χ1n) is 6.29. The first-order chi connectivity index (χ1) is 9.11. The Balaban J connectivity index is 2.18. The van der Waals surface area contributed by atoms with Crippen LogP contribution in [-0.4, -0.2) is 25.5 Å². The molecule has 0 atom stereocenters. The van der Waals surface area contributed by atoms with E-state index in [1.54, 1.807) is 0 Å². The van der Waals surface area contributed by atoms with E-state index in [1.165, 1.54) is 5.56 Å². The molecular weight excluding hydrogens is 262 g/mol. The van der Waals surface area contributed by atoms with Crippen LogP contribution in [0.4, 0.5) is 5.69 Å². The molecule has 100 valence electrons. The normalized spacial score (nSPS) is 13.6. The van der Waals surface area contributed by atoms with Crippen molar-refractivity contribution in [1.29, 1.82) is 5.26 Å². The zero-order chi connectivity index (χ0) is 13.8. The number of hydrogen-bond donors (Lipinski definition) is 1. The summed E-state index contributed by atoms with van der Waals surface area (Å²) in [5.41, 5.74) is 3.40. The van der Waals surface area contributed by atoms with Crippen LogP contribution in [0.15, 0.2) is 12.1 Å². The number of halogens is 1. The minimum absolute atomic E-state index is 0.0547. The Morgan fingerprint density at radius 3 is 3.11 bits per heavy atom. The highest BCUT2D eigenvalue weighted by atomic mass is 35.5. The molecule has 0 saturated heterocycles. The fraction of sp³-hybridized carbons (Fsp3) is 0.429. The van der Waals surface area contributed by atoms with Gasteiger partial charge in [0.05, 0.1) is 12.6 Å². The first-order valence-corrected chi connectivity index (χ1v) is 6.67. The molecule has 1 aliphatic heterocycles. The number of benzene rings is 1. The number of fused-ring (bicyclic) bond motifs is 1. The van der Waals surface area contributed by atoms with Crippen molar-refractivity contribution in [3.05, 3.63) is 28.3 Å². The third kappa shape index (κ3) is 3.18. The largest absolute Gasteiger partial charge is 0.362 e. The van der Waals surface area contributed by atoms with Crippen molar-refractivity contribution in [2.45, 2.75) is 19.8 Å². The molecule has 0 bridgehead atoms. The lowest BCUT2D eigenvalue weighted by Crippen LogP contribution is -2.40. The van der Waals surface area contributed by atoms with Crippen LogP contribution >= 0.6 is 11.6 Å². The predicted molar refractivity (Wildman–Crippen MR) is 75.3 cm³/mol. The van der Waals surface area contributed by atoms with E-state index in [-0.39, 0.29) is 19.0 Å². The fourth-order valence-electron chi connectivity index (χ4n) is 2.55. The van der Waals surface area contributed by atoms with E-state index >= 15 is 0 Å². The molecular formula is C14H16ClN3O. The van der Waals surface area contributed by atoms with Crippen molar-refractivity contribution in [2.75, 3.05) is 24.5 Å². The minimum Gasteiger partial charge on any atom is -0.362 e. The quantitative estimate of drug-likeness (QED) is 0.860. The molecule has 1 aromatic carbocycles. The smallest absolute Gasteiger partial charge is 0.240 e. The Morgan fingerprint density at radius 1 is 1.58 bits per heavy atom. The van der Waals surface area contributed by atoms with E-state index in [0.717, 1.165) is 35.7 Å². The standard InChI is InChI=1S/C14H16ClN3O/c1-10-7-12(15)8-11-3-2-6-18(14(10)11)9-13(19)17-5-4-16/h7-8H,2-3,5-6,9H2,1H3,(H,17,19). The van der Waals surface area contributed by atoms with Gasteiger partial charge >= 0.3 is 0 Å². The maximum atomic E-state index is 11.7. The van der Waals surface area contributed by atoms with Crippen LogP contribution in [0.3, 0.4) is 0 Å². The number of anilines is 1. The molecule has 19 heavy (non-hydrogen) atoms. The Morgan fingerprint density at radius 2 is 2.37 bits per heavy atom. The number of carbonyl (C=O) groups excluding carboxylic acids is 1. The molecule has 0 saturated carbocycles. The van der Waals surface area contributed by atoms with Gasteiger partial charge in [-0.05, 0) is 43.0 Å². The van der Waals surface area contributed by atoms with Gasteiger partial charge in [0.2, 0.25) is 5.91 Å². The summed E-state index contributed by atoms with van der Waals surface area (Å²) in [6, 6.07) is 5.80. The molecule has 0 fully saturated rings. The highest BCUT2D eigenvalue weighted by Gasteiger charge is 2.21. The van der Waals surface area contributed by atoms with Crippen molar-refractivity contribution >= 4 is 23.2 Å². The number of amides is 1. The second-order valence-corrected chi connectivity index (χ2v) is 5.13. The molecule has 0 aliphatic carbocycles. The zero-order valence-corrected chi connectivity index (χ0v) is 11.6. The van der Waals surface area contributed by atoms with Gasteiger partial charge in [-0.2, -0.15) is 5.26 Å². The van der Waals surface area contributed by atoms with Crippen LogP contribution in [0.25, 0.3) is 0 Å². The average Bonchev–Trinajstić information content (AvgIpc) is 2.35. The minimum atomic E-state index is -0.122. The van der Waals surface area contributed by atoms with E-state index in [0.29, 0.717) is 0 Å². The first kappa shape index (κ1) is 13.7. The van der Waals surface area contributed by atoms with E-state index in [2.05, 4.69) is 10.2 Å². The predicted octanol–water partition coefficient (Wildman–Crippen LogP) is 2.04. The van der Waals surface area contributed by atoms with Gasteiger partial charge in [0.1, 0.15) is 6.54 Å². The number of hydrogen-bond acceptors (Lipinski definition) is 3. The average molecular weight is 278 g/mol. The highest BCUT2D eigenvalue weighted by Crippen LogP contribution is 2.33. The lowest BCUT2D eigenvalue weighted by molar-refractivity contribution is -0.119. The van der Waals surface area contributed by atoms with Gasteiger partial charge < -0.3 is 10.2 Å². The van der Waals surface area contributed by atoms with Crippen LogP contribution in [0.1, 0.15) is 17.5 Å². The Labute approximate surface area is 118 Å². The summed E-state index contributed by atoms with van der Waals surface area (Å²) in [6.07, 6.45) is 2.01. The molecule has 1 heterocycles. The number of nitrogens with zero attached hydrogens (tertiary/aromatic N) is 2. The molecule has 2 rings (SSSR count). The van der Waals surface area contributed by atoms with Crippen molar-refractivity contribution in [2.24, 2.45) is 0 Å². The van der Waals surface area contributed by atoms with E-state index in [1.807, 2.05) is 25.1 Å². The van der Waals surface area contributed by atoms with E-state index in [4.69, 9.17) is 16.9 Å². The van der Waals surface area contributed by atoms with Crippen molar-refractivity contribution in [1.82, 2.24) is 5.32 Å². The molecule has 1 amide bonds. The summed E-state index contributed by atoms with van der Waals surface area (Å²) in [5, 5.41) is 11.8. The summed E-state index contributed by atoms with van der Waals surface area (Å²) >= 11 is 6.07. The molecule has 0 spiro atoms. The third-order valence-electron chi connectivity index (χ3n) is 3.23. The molecule has 5 heteroatoms. The molecule has 0 aromatic heterocycles. The van der Waals surface area contributed by atoms with Crippen LogP contribution in [0, 0.1) is 18.3 Å². The van der Waals surface area contributed by atoms with Gasteiger partial charge in [-0.1, -0.05) is 11.6 Å². The van der Waals surface area contributed by atoms with Crippen LogP contribution in [-0.2, 0) is 11.2 Å². The molecule has 1 N–H and O–H groups in total. The maximum Gasteiger partial charge on any atom is 0.240 e. The van der Waals surface area contributed by atoms with Gasteiger partial charge in [0, 0.05) is 17.3 Å². The summed E-state index contributed by atoms with van der Waals surface area (Å²) in [6.45, 7) is 3.21. The molecule has 1 aromatic rings. The number of aryl methyl sites for hydroxylation is 2. The van der Waals surface area contributed by atoms with Crippen molar-refractivity contribution in [3.8, 4) is 6.07 Å². The van der Waals surface area contributed by atoms with E-state index < -0.39 is 0 Å². The summed E-state index contributed by atoms with van der Waals surface area (Å²) in [4.78, 5) is 13.8. The van der Waals surface area contributed by atoms with Crippen LogP contribution in [0.5, 0.6) is 0 Å². The van der Waals surface area contributed by atoms with Gasteiger partial charge in [-0.15, -0.1) is 0 Å². The van der Waals surface area contributed by atoms with Gasteiger partial charge in [0.25, 0.3) is 0 Å². The molecule has 1 aliphatic rings. The lowest BCUT2D eigenvalue weighted by atomic mass is 9.98.